The number of ether oxygens (including phenoxy) is 2. The third kappa shape index (κ3) is 27.7. The van der Waals surface area contributed by atoms with Crippen molar-refractivity contribution in [3.8, 4) is 0 Å². The summed E-state index contributed by atoms with van der Waals surface area (Å²) in [6.07, 6.45) is 28.8. The van der Waals surface area contributed by atoms with Gasteiger partial charge in [-0.15, -0.1) is 0 Å². The lowest BCUT2D eigenvalue weighted by molar-refractivity contribution is -0.150. The molecule has 0 N–H and O–H groups in total. The molecule has 0 amide bonds. The van der Waals surface area contributed by atoms with Crippen molar-refractivity contribution in [1.82, 2.24) is 4.90 Å². The average Bonchev–Trinajstić information content (AvgIpc) is 2.98. The second-order valence-corrected chi connectivity index (χ2v) is 12.9. The smallest absolute Gasteiger partial charge is 0.307 e. The molecule has 0 heterocycles. The fourth-order valence-electron chi connectivity index (χ4n) is 5.64. The zero-order valence-corrected chi connectivity index (χ0v) is 29.0. The molecule has 250 valence electrons. The number of rotatable bonds is 32. The topological polar surface area (TPSA) is 55.8 Å². The third-order valence-corrected chi connectivity index (χ3v) is 8.74. The van der Waals surface area contributed by atoms with Crippen molar-refractivity contribution in [3.05, 3.63) is 0 Å². The van der Waals surface area contributed by atoms with Crippen LogP contribution in [-0.2, 0) is 19.1 Å². The van der Waals surface area contributed by atoms with Gasteiger partial charge in [-0.2, -0.15) is 0 Å². The van der Waals surface area contributed by atoms with Crippen LogP contribution in [0.15, 0.2) is 0 Å². The Hall–Kier alpha value is -1.10. The van der Waals surface area contributed by atoms with Gasteiger partial charge in [0.25, 0.3) is 0 Å². The summed E-state index contributed by atoms with van der Waals surface area (Å²) in [6, 6.07) is 0. The molecular weight excluding hydrogens is 522 g/mol. The van der Waals surface area contributed by atoms with Gasteiger partial charge >= 0.3 is 11.9 Å². The maximum atomic E-state index is 12.5. The number of carbonyl (C=O) groups is 2. The number of esters is 2. The summed E-state index contributed by atoms with van der Waals surface area (Å²) in [5.41, 5.74) is 0. The highest BCUT2D eigenvalue weighted by atomic mass is 16.5. The molecule has 0 fully saturated rings. The summed E-state index contributed by atoms with van der Waals surface area (Å²) < 4.78 is 11.5. The fraction of sp³-hybridized carbons (Fsp3) is 0.946. The van der Waals surface area contributed by atoms with E-state index in [4.69, 9.17) is 9.47 Å². The second kappa shape index (κ2) is 31.3. The van der Waals surface area contributed by atoms with Crippen molar-refractivity contribution in [1.29, 1.82) is 0 Å². The summed E-state index contributed by atoms with van der Waals surface area (Å²) in [6.45, 7) is 11.1. The molecule has 2 atom stereocenters. The van der Waals surface area contributed by atoms with Crippen molar-refractivity contribution >= 4 is 11.9 Å². The van der Waals surface area contributed by atoms with Crippen molar-refractivity contribution in [2.45, 2.75) is 194 Å². The Morgan fingerprint density at radius 3 is 1.62 bits per heavy atom. The maximum absolute atomic E-state index is 12.5. The molecule has 0 aliphatic carbocycles. The van der Waals surface area contributed by atoms with Gasteiger partial charge in [-0.25, -0.2) is 0 Å². The zero-order chi connectivity index (χ0) is 31.1. The van der Waals surface area contributed by atoms with Crippen molar-refractivity contribution in [2.75, 3.05) is 26.7 Å². The van der Waals surface area contributed by atoms with Gasteiger partial charge in [-0.05, 0) is 64.5 Å². The van der Waals surface area contributed by atoms with Crippen LogP contribution in [-0.4, -0.2) is 49.7 Å². The first-order valence-corrected chi connectivity index (χ1v) is 18.5. The number of nitrogens with zero attached hydrogens (tertiary/aromatic N) is 1. The maximum Gasteiger partial charge on any atom is 0.307 e. The summed E-state index contributed by atoms with van der Waals surface area (Å²) in [5, 5.41) is 0. The highest BCUT2D eigenvalue weighted by Gasteiger charge is 2.16. The first-order valence-electron chi connectivity index (χ1n) is 18.5. The minimum Gasteiger partial charge on any atom is -0.466 e. The summed E-state index contributed by atoms with van der Waals surface area (Å²) in [5.74, 6) is 0.473. The lowest BCUT2D eigenvalue weighted by atomic mass is 9.92. The van der Waals surface area contributed by atoms with Crippen LogP contribution >= 0.6 is 0 Å². The molecule has 2 unspecified atom stereocenters. The molecule has 0 spiro atoms. The van der Waals surface area contributed by atoms with Crippen LogP contribution in [0.4, 0.5) is 0 Å². The van der Waals surface area contributed by atoms with E-state index < -0.39 is 0 Å². The van der Waals surface area contributed by atoms with E-state index in [1.165, 1.54) is 103 Å². The van der Waals surface area contributed by atoms with Crippen LogP contribution in [0, 0.1) is 5.92 Å². The standard InChI is InChI=1S/C37H73NO4/c1-6-10-13-15-16-19-23-28-35(42-36(39)30-31-38(5)9-4)29-24-20-17-18-21-25-32-41-37(40)33-34(26-12-8-3)27-22-14-11-7-2/h34-35H,6-33H2,1-5H3. The Kier molecular flexibility index (Phi) is 30.5. The van der Waals surface area contributed by atoms with E-state index in [2.05, 4.69) is 32.6 Å². The van der Waals surface area contributed by atoms with Gasteiger partial charge in [0.2, 0.25) is 0 Å². The van der Waals surface area contributed by atoms with E-state index in [0.29, 0.717) is 25.4 Å². The zero-order valence-electron chi connectivity index (χ0n) is 29.0. The molecule has 0 rings (SSSR count). The monoisotopic (exact) mass is 596 g/mol. The molecule has 0 radical (unpaired) electrons. The molecule has 0 aliphatic heterocycles. The highest BCUT2D eigenvalue weighted by molar-refractivity contribution is 5.70. The van der Waals surface area contributed by atoms with Gasteiger partial charge in [0.15, 0.2) is 0 Å². The largest absolute Gasteiger partial charge is 0.466 e. The molecule has 0 saturated carbocycles. The molecule has 0 saturated heterocycles. The Bertz CT molecular complexity index is 596. The lowest BCUT2D eigenvalue weighted by Gasteiger charge is -2.19. The number of carbonyl (C=O) groups excluding carboxylic acids is 2. The normalized spacial score (nSPS) is 12.9. The van der Waals surface area contributed by atoms with Crippen LogP contribution in [0.25, 0.3) is 0 Å². The van der Waals surface area contributed by atoms with E-state index in [9.17, 15) is 9.59 Å². The van der Waals surface area contributed by atoms with Crippen LogP contribution in [0.5, 0.6) is 0 Å². The molecule has 0 aromatic heterocycles. The van der Waals surface area contributed by atoms with Crippen LogP contribution < -0.4 is 0 Å². The molecular formula is C37H73NO4. The Morgan fingerprint density at radius 1 is 0.571 bits per heavy atom. The fourth-order valence-corrected chi connectivity index (χ4v) is 5.64. The number of hydrogen-bond donors (Lipinski definition) is 0. The Morgan fingerprint density at radius 2 is 1.05 bits per heavy atom. The summed E-state index contributed by atoms with van der Waals surface area (Å²) in [7, 11) is 2.05. The predicted molar refractivity (Wildman–Crippen MR) is 180 cm³/mol. The minimum absolute atomic E-state index is 0.00878. The van der Waals surface area contributed by atoms with Crippen molar-refractivity contribution < 1.29 is 19.1 Å². The summed E-state index contributed by atoms with van der Waals surface area (Å²) in [4.78, 5) is 27.0. The van der Waals surface area contributed by atoms with Gasteiger partial charge in [0.05, 0.1) is 13.0 Å². The van der Waals surface area contributed by atoms with E-state index >= 15 is 0 Å². The average molecular weight is 596 g/mol. The van der Waals surface area contributed by atoms with Crippen LogP contribution in [0.1, 0.15) is 188 Å². The summed E-state index contributed by atoms with van der Waals surface area (Å²) >= 11 is 0. The molecule has 5 nitrogen and oxygen atoms in total. The Labute approximate surface area is 262 Å². The quantitative estimate of drug-likeness (QED) is 0.0572. The van der Waals surface area contributed by atoms with E-state index in [1.807, 2.05) is 7.05 Å². The van der Waals surface area contributed by atoms with E-state index in [1.54, 1.807) is 0 Å². The molecule has 5 heteroatoms. The predicted octanol–water partition coefficient (Wildman–Crippen LogP) is 10.8. The van der Waals surface area contributed by atoms with Gasteiger partial charge in [-0.3, -0.25) is 9.59 Å². The van der Waals surface area contributed by atoms with Crippen molar-refractivity contribution in [3.63, 3.8) is 0 Å². The Balaban J connectivity index is 4.13. The van der Waals surface area contributed by atoms with E-state index in [-0.39, 0.29) is 18.0 Å². The van der Waals surface area contributed by atoms with Crippen LogP contribution in [0.3, 0.4) is 0 Å². The van der Waals surface area contributed by atoms with Gasteiger partial charge < -0.3 is 14.4 Å². The number of unbranched alkanes of at least 4 members (excludes halogenated alkanes) is 15. The first-order chi connectivity index (χ1) is 20.5. The highest BCUT2D eigenvalue weighted by Crippen LogP contribution is 2.22. The van der Waals surface area contributed by atoms with Crippen molar-refractivity contribution in [2.24, 2.45) is 5.92 Å². The lowest BCUT2D eigenvalue weighted by Crippen LogP contribution is -2.24. The SMILES string of the molecule is CCCCCCCCCC(CCCCCCCCOC(=O)CC(CCCC)CCCCCC)OC(=O)CCN(C)CC. The first kappa shape index (κ1) is 40.9. The second-order valence-electron chi connectivity index (χ2n) is 12.9. The van der Waals surface area contributed by atoms with E-state index in [0.717, 1.165) is 58.0 Å². The molecule has 0 aromatic rings. The molecule has 0 bridgehead atoms. The minimum atomic E-state index is -0.0361. The van der Waals surface area contributed by atoms with Gasteiger partial charge in [0, 0.05) is 13.0 Å². The molecule has 0 aromatic carbocycles. The molecule has 42 heavy (non-hydrogen) atoms. The molecule has 0 aliphatic rings. The van der Waals surface area contributed by atoms with Gasteiger partial charge in [-0.1, -0.05) is 130 Å². The van der Waals surface area contributed by atoms with Crippen LogP contribution in [0.2, 0.25) is 0 Å². The van der Waals surface area contributed by atoms with Gasteiger partial charge in [0.1, 0.15) is 6.10 Å². The third-order valence-electron chi connectivity index (χ3n) is 8.74. The number of hydrogen-bond acceptors (Lipinski definition) is 5.